The maximum absolute atomic E-state index is 12.2. The number of nitrogens with one attached hydrogen (secondary N) is 2. The minimum Gasteiger partial charge on any atom is -0.354 e. The molecule has 0 aliphatic carbocycles. The maximum atomic E-state index is 12.2. The van der Waals surface area contributed by atoms with Crippen molar-refractivity contribution in [1.82, 2.24) is 10.6 Å². The Morgan fingerprint density at radius 3 is 2.38 bits per heavy atom. The van der Waals surface area contributed by atoms with Crippen molar-refractivity contribution in [2.45, 2.75) is 38.6 Å². The molecule has 2 N–H and O–H groups in total. The number of amides is 1. The largest absolute Gasteiger partial charge is 0.354 e. The molecule has 2 aromatic carbocycles. The van der Waals surface area contributed by atoms with Gasteiger partial charge in [0, 0.05) is 16.6 Å². The third kappa shape index (κ3) is 6.01. The standard InChI is InChI=1S/C21H26Cl2N2O/c1-3-4-5-20(24-2)21(26)25-13-12-16-6-7-17(14-19(16)23)15-8-10-18(22)11-9-15/h6-11,14,20,24H,3-5,12-13H2,1-2H3,(H,25,26). The first kappa shape index (κ1) is 20.8. The fourth-order valence-electron chi connectivity index (χ4n) is 2.83. The number of benzene rings is 2. The molecule has 3 nitrogen and oxygen atoms in total. The van der Waals surface area contributed by atoms with Crippen LogP contribution in [-0.2, 0) is 11.2 Å². The van der Waals surface area contributed by atoms with Crippen molar-refractivity contribution >= 4 is 29.1 Å². The minimum atomic E-state index is -0.127. The van der Waals surface area contributed by atoms with Gasteiger partial charge in [-0.25, -0.2) is 0 Å². The van der Waals surface area contributed by atoms with E-state index in [9.17, 15) is 4.79 Å². The van der Waals surface area contributed by atoms with Crippen molar-refractivity contribution in [2.24, 2.45) is 0 Å². The Hall–Kier alpha value is -1.55. The first-order valence-corrected chi connectivity index (χ1v) is 9.80. The first-order valence-electron chi connectivity index (χ1n) is 9.04. The summed E-state index contributed by atoms with van der Waals surface area (Å²) < 4.78 is 0. The van der Waals surface area contributed by atoms with Crippen LogP contribution in [0.4, 0.5) is 0 Å². The average molecular weight is 393 g/mol. The molecule has 0 aliphatic heterocycles. The highest BCUT2D eigenvalue weighted by atomic mass is 35.5. The molecule has 140 valence electrons. The zero-order valence-electron chi connectivity index (χ0n) is 15.3. The van der Waals surface area contributed by atoms with Crippen molar-refractivity contribution in [3.63, 3.8) is 0 Å². The summed E-state index contributed by atoms with van der Waals surface area (Å²) in [5.41, 5.74) is 3.15. The topological polar surface area (TPSA) is 41.1 Å². The number of carbonyl (C=O) groups excluding carboxylic acids is 1. The van der Waals surface area contributed by atoms with Crippen LogP contribution in [0.15, 0.2) is 42.5 Å². The first-order chi connectivity index (χ1) is 12.5. The molecular weight excluding hydrogens is 367 g/mol. The van der Waals surface area contributed by atoms with E-state index in [0.717, 1.165) is 36.0 Å². The van der Waals surface area contributed by atoms with E-state index >= 15 is 0 Å². The molecule has 0 heterocycles. The molecule has 0 aliphatic rings. The molecule has 1 amide bonds. The summed E-state index contributed by atoms with van der Waals surface area (Å²) in [6, 6.07) is 13.6. The number of halogens is 2. The van der Waals surface area contributed by atoms with Crippen LogP contribution in [0.2, 0.25) is 10.0 Å². The lowest BCUT2D eigenvalue weighted by molar-refractivity contribution is -0.123. The van der Waals surface area contributed by atoms with E-state index in [1.807, 2.05) is 49.5 Å². The summed E-state index contributed by atoms with van der Waals surface area (Å²) in [6.07, 6.45) is 3.68. The van der Waals surface area contributed by atoms with Gasteiger partial charge in [-0.15, -0.1) is 0 Å². The zero-order chi connectivity index (χ0) is 18.9. The van der Waals surface area contributed by atoms with E-state index in [0.29, 0.717) is 23.0 Å². The Morgan fingerprint density at radius 2 is 1.77 bits per heavy atom. The Bertz CT molecular complexity index is 716. The van der Waals surface area contributed by atoms with Crippen molar-refractivity contribution < 1.29 is 4.79 Å². The molecule has 5 heteroatoms. The molecule has 0 fully saturated rings. The van der Waals surface area contributed by atoms with E-state index in [-0.39, 0.29) is 11.9 Å². The summed E-state index contributed by atoms with van der Waals surface area (Å²) in [5, 5.41) is 7.50. The fraction of sp³-hybridized carbons (Fsp3) is 0.381. The monoisotopic (exact) mass is 392 g/mol. The third-order valence-electron chi connectivity index (χ3n) is 4.44. The number of rotatable bonds is 9. The van der Waals surface area contributed by atoms with Gasteiger partial charge in [0.1, 0.15) is 0 Å². The lowest BCUT2D eigenvalue weighted by Crippen LogP contribution is -2.43. The van der Waals surface area contributed by atoms with E-state index in [1.165, 1.54) is 0 Å². The third-order valence-corrected chi connectivity index (χ3v) is 5.04. The second-order valence-electron chi connectivity index (χ2n) is 6.34. The van der Waals surface area contributed by atoms with Crippen molar-refractivity contribution in [2.75, 3.05) is 13.6 Å². The SMILES string of the molecule is CCCCC(NC)C(=O)NCCc1ccc(-c2ccc(Cl)cc2)cc1Cl. The second-order valence-corrected chi connectivity index (χ2v) is 7.18. The Labute approximate surface area is 166 Å². The summed E-state index contributed by atoms with van der Waals surface area (Å²) in [4.78, 5) is 12.2. The summed E-state index contributed by atoms with van der Waals surface area (Å²) >= 11 is 12.4. The molecule has 0 spiro atoms. The molecule has 0 bridgehead atoms. The van der Waals surface area contributed by atoms with Gasteiger partial charge in [0.05, 0.1) is 6.04 Å². The van der Waals surface area contributed by atoms with Gasteiger partial charge in [0.25, 0.3) is 0 Å². The highest BCUT2D eigenvalue weighted by molar-refractivity contribution is 6.31. The number of hydrogen-bond acceptors (Lipinski definition) is 2. The van der Waals surface area contributed by atoms with E-state index in [1.54, 1.807) is 0 Å². The van der Waals surface area contributed by atoms with Gasteiger partial charge < -0.3 is 10.6 Å². The van der Waals surface area contributed by atoms with Crippen molar-refractivity contribution in [1.29, 1.82) is 0 Å². The molecule has 0 radical (unpaired) electrons. The molecule has 2 aromatic rings. The van der Waals surface area contributed by atoms with Crippen LogP contribution in [0, 0.1) is 0 Å². The lowest BCUT2D eigenvalue weighted by atomic mass is 10.0. The number of carbonyl (C=O) groups is 1. The van der Waals surface area contributed by atoms with Gasteiger partial charge in [0.2, 0.25) is 5.91 Å². The number of unbranched alkanes of at least 4 members (excludes halogenated alkanes) is 1. The van der Waals surface area contributed by atoms with Gasteiger partial charge in [-0.2, -0.15) is 0 Å². The number of hydrogen-bond donors (Lipinski definition) is 2. The molecule has 26 heavy (non-hydrogen) atoms. The normalized spacial score (nSPS) is 12.0. The Balaban J connectivity index is 1.92. The molecular formula is C21H26Cl2N2O. The second kappa shape index (κ2) is 10.6. The lowest BCUT2D eigenvalue weighted by Gasteiger charge is -2.16. The van der Waals surface area contributed by atoms with E-state index in [4.69, 9.17) is 23.2 Å². The highest BCUT2D eigenvalue weighted by Crippen LogP contribution is 2.27. The van der Waals surface area contributed by atoms with Crippen molar-refractivity contribution in [3.8, 4) is 11.1 Å². The summed E-state index contributed by atoms with van der Waals surface area (Å²) in [6.45, 7) is 2.70. The van der Waals surface area contributed by atoms with Gasteiger partial charge in [-0.05, 0) is 54.8 Å². The maximum Gasteiger partial charge on any atom is 0.237 e. The summed E-state index contributed by atoms with van der Waals surface area (Å²) in [5.74, 6) is 0.0508. The quantitative estimate of drug-likeness (QED) is 0.623. The average Bonchev–Trinajstić information content (AvgIpc) is 2.64. The Morgan fingerprint density at radius 1 is 1.08 bits per heavy atom. The Kier molecular flexibility index (Phi) is 8.43. The van der Waals surface area contributed by atoms with E-state index < -0.39 is 0 Å². The van der Waals surface area contributed by atoms with Gasteiger partial charge in [-0.1, -0.05) is 67.2 Å². The van der Waals surface area contributed by atoms with Gasteiger partial charge in [0.15, 0.2) is 0 Å². The predicted molar refractivity (Wildman–Crippen MR) is 111 cm³/mol. The van der Waals surface area contributed by atoms with E-state index in [2.05, 4.69) is 17.6 Å². The van der Waals surface area contributed by atoms with Crippen LogP contribution >= 0.6 is 23.2 Å². The van der Waals surface area contributed by atoms with Crippen LogP contribution in [-0.4, -0.2) is 25.5 Å². The van der Waals surface area contributed by atoms with Crippen LogP contribution in [0.3, 0.4) is 0 Å². The van der Waals surface area contributed by atoms with Gasteiger partial charge >= 0.3 is 0 Å². The zero-order valence-corrected chi connectivity index (χ0v) is 16.8. The smallest absolute Gasteiger partial charge is 0.237 e. The minimum absolute atomic E-state index is 0.0508. The van der Waals surface area contributed by atoms with Crippen LogP contribution in [0.5, 0.6) is 0 Å². The van der Waals surface area contributed by atoms with Crippen LogP contribution < -0.4 is 10.6 Å². The molecule has 1 atom stereocenters. The molecule has 0 saturated carbocycles. The van der Waals surface area contributed by atoms with Crippen molar-refractivity contribution in [3.05, 3.63) is 58.1 Å². The van der Waals surface area contributed by atoms with Gasteiger partial charge in [-0.3, -0.25) is 4.79 Å². The summed E-state index contributed by atoms with van der Waals surface area (Å²) in [7, 11) is 1.83. The highest BCUT2D eigenvalue weighted by Gasteiger charge is 2.15. The predicted octanol–water partition coefficient (Wildman–Crippen LogP) is 5.10. The number of likely N-dealkylation sites (N-methyl/N-ethyl adjacent to an activating group) is 1. The van der Waals surface area contributed by atoms with Crippen LogP contribution in [0.25, 0.3) is 11.1 Å². The molecule has 1 unspecified atom stereocenters. The molecule has 0 saturated heterocycles. The molecule has 0 aromatic heterocycles. The fourth-order valence-corrected chi connectivity index (χ4v) is 3.23. The molecule has 2 rings (SSSR count). The van der Waals surface area contributed by atoms with Crippen LogP contribution in [0.1, 0.15) is 31.7 Å².